The fourth-order valence-corrected chi connectivity index (χ4v) is 5.31. The molecule has 1 aromatic heterocycles. The molecule has 0 saturated heterocycles. The van der Waals surface area contributed by atoms with Crippen molar-refractivity contribution in [2.45, 2.75) is 45.1 Å². The third kappa shape index (κ3) is 2.13. The van der Waals surface area contributed by atoms with E-state index in [9.17, 15) is 19.6 Å². The summed E-state index contributed by atoms with van der Waals surface area (Å²) in [7, 11) is 0. The van der Waals surface area contributed by atoms with Crippen molar-refractivity contribution in [3.8, 4) is 11.9 Å². The van der Waals surface area contributed by atoms with E-state index in [2.05, 4.69) is 9.97 Å². The fourth-order valence-electron chi connectivity index (χ4n) is 5.31. The lowest BCUT2D eigenvalue weighted by Gasteiger charge is -2.40. The van der Waals surface area contributed by atoms with Crippen molar-refractivity contribution >= 4 is 17.2 Å². The van der Waals surface area contributed by atoms with Crippen LogP contribution in [0.4, 0.5) is 5.69 Å². The van der Waals surface area contributed by atoms with Gasteiger partial charge in [-0.15, -0.1) is 0 Å². The van der Waals surface area contributed by atoms with Crippen LogP contribution in [0.25, 0.3) is 5.57 Å². The monoisotopic (exact) mass is 431 g/mol. The molecule has 0 radical (unpaired) electrons. The van der Waals surface area contributed by atoms with Crippen LogP contribution in [-0.2, 0) is 16.6 Å². The summed E-state index contributed by atoms with van der Waals surface area (Å²) in [6.45, 7) is 7.75. The van der Waals surface area contributed by atoms with E-state index >= 15 is 0 Å². The summed E-state index contributed by atoms with van der Waals surface area (Å²) in [4.78, 5) is 45.7. The summed E-state index contributed by atoms with van der Waals surface area (Å²) in [5, 5.41) is 10.1. The molecule has 162 valence electrons. The first kappa shape index (κ1) is 19.9. The molecule has 0 fully saturated rings. The van der Waals surface area contributed by atoms with Crippen LogP contribution >= 0.6 is 0 Å². The average molecular weight is 431 g/mol. The van der Waals surface area contributed by atoms with E-state index in [0.29, 0.717) is 17.7 Å². The molecule has 4 N–H and O–H groups in total. The number of nitriles is 1. The number of carbonyl (C=O) groups excluding carboxylic acids is 1. The van der Waals surface area contributed by atoms with Crippen molar-refractivity contribution < 1.29 is 9.53 Å². The zero-order valence-electron chi connectivity index (χ0n) is 18.0. The maximum Gasteiger partial charge on any atom is 0.328 e. The second kappa shape index (κ2) is 6.01. The Morgan fingerprint density at radius 1 is 1.22 bits per heavy atom. The van der Waals surface area contributed by atoms with Gasteiger partial charge in [0.1, 0.15) is 17.2 Å². The number of fused-ring (bicyclic) bond motifs is 3. The predicted molar refractivity (Wildman–Crippen MR) is 117 cm³/mol. The Morgan fingerprint density at radius 3 is 2.59 bits per heavy atom. The molecular weight excluding hydrogens is 410 g/mol. The Balaban J connectivity index is 2.05. The summed E-state index contributed by atoms with van der Waals surface area (Å²) in [6, 6.07) is 5.89. The van der Waals surface area contributed by atoms with Crippen molar-refractivity contribution in [3.05, 3.63) is 72.8 Å². The Labute approximate surface area is 182 Å². The number of rotatable bonds is 1. The van der Waals surface area contributed by atoms with Crippen LogP contribution in [0.3, 0.4) is 0 Å². The zero-order valence-corrected chi connectivity index (χ0v) is 18.0. The van der Waals surface area contributed by atoms with Crippen LogP contribution < -0.4 is 26.6 Å². The van der Waals surface area contributed by atoms with E-state index < -0.39 is 28.1 Å². The number of allylic oxidation sites excluding steroid dienone is 1. The highest BCUT2D eigenvalue weighted by Gasteiger charge is 2.64. The van der Waals surface area contributed by atoms with Crippen LogP contribution in [0.15, 0.2) is 39.3 Å². The van der Waals surface area contributed by atoms with Crippen LogP contribution in [0.2, 0.25) is 0 Å². The molecule has 9 nitrogen and oxygen atoms in total. The molecule has 0 bridgehead atoms. The van der Waals surface area contributed by atoms with Gasteiger partial charge >= 0.3 is 5.69 Å². The van der Waals surface area contributed by atoms with E-state index in [4.69, 9.17) is 10.5 Å². The molecule has 2 aromatic rings. The smallest absolute Gasteiger partial charge is 0.328 e. The molecule has 5 rings (SSSR count). The number of carbonyl (C=O) groups is 1. The highest BCUT2D eigenvalue weighted by Crippen LogP contribution is 2.58. The molecule has 9 heteroatoms. The van der Waals surface area contributed by atoms with Crippen molar-refractivity contribution in [2.24, 2.45) is 5.73 Å². The summed E-state index contributed by atoms with van der Waals surface area (Å²) < 4.78 is 5.47. The minimum Gasteiger partial charge on any atom is -0.423 e. The van der Waals surface area contributed by atoms with Gasteiger partial charge in [0.2, 0.25) is 17.7 Å². The van der Waals surface area contributed by atoms with Crippen LogP contribution in [0.1, 0.15) is 49.9 Å². The molecule has 4 heterocycles. The van der Waals surface area contributed by atoms with Gasteiger partial charge in [0, 0.05) is 11.1 Å². The highest BCUT2D eigenvalue weighted by molar-refractivity contribution is 6.17. The van der Waals surface area contributed by atoms with Crippen LogP contribution in [-0.4, -0.2) is 21.4 Å². The van der Waals surface area contributed by atoms with Crippen molar-refractivity contribution in [3.63, 3.8) is 0 Å². The number of aryl methyl sites for hydroxylation is 1. The van der Waals surface area contributed by atoms with Crippen molar-refractivity contribution in [2.75, 3.05) is 4.90 Å². The number of benzene rings is 1. The van der Waals surface area contributed by atoms with Gasteiger partial charge in [-0.25, -0.2) is 4.79 Å². The van der Waals surface area contributed by atoms with Gasteiger partial charge in [0.25, 0.3) is 5.56 Å². The van der Waals surface area contributed by atoms with Gasteiger partial charge in [-0.05, 0) is 44.4 Å². The van der Waals surface area contributed by atoms with Gasteiger partial charge in [-0.3, -0.25) is 19.6 Å². The highest BCUT2D eigenvalue weighted by atomic mass is 16.5. The lowest BCUT2D eigenvalue weighted by molar-refractivity contribution is -0.121. The molecule has 32 heavy (non-hydrogen) atoms. The number of hydrogen-bond acceptors (Lipinski definition) is 6. The number of aromatic amines is 2. The first-order valence-corrected chi connectivity index (χ1v) is 10.2. The van der Waals surface area contributed by atoms with E-state index in [1.807, 2.05) is 52.0 Å². The molecule has 1 amide bonds. The molecule has 1 spiro atoms. The zero-order chi connectivity index (χ0) is 23.2. The molecule has 3 aliphatic rings. The van der Waals surface area contributed by atoms with E-state index in [0.717, 1.165) is 16.7 Å². The van der Waals surface area contributed by atoms with E-state index in [1.165, 1.54) is 0 Å². The van der Waals surface area contributed by atoms with E-state index in [-0.39, 0.29) is 22.9 Å². The summed E-state index contributed by atoms with van der Waals surface area (Å²) >= 11 is 0. The lowest BCUT2D eigenvalue weighted by atomic mass is 9.69. The summed E-state index contributed by atoms with van der Waals surface area (Å²) in [5.74, 6) is -1.05. The minimum atomic E-state index is -1.84. The van der Waals surface area contributed by atoms with Gasteiger partial charge in [0.05, 0.1) is 11.2 Å². The third-order valence-corrected chi connectivity index (χ3v) is 6.53. The van der Waals surface area contributed by atoms with Crippen LogP contribution in [0.5, 0.6) is 5.88 Å². The predicted octanol–water partition coefficient (Wildman–Crippen LogP) is 1.54. The van der Waals surface area contributed by atoms with Gasteiger partial charge in [0.15, 0.2) is 5.41 Å². The molecule has 0 aliphatic carbocycles. The van der Waals surface area contributed by atoms with Crippen molar-refractivity contribution in [1.82, 2.24) is 9.97 Å². The molecule has 0 saturated carbocycles. The maximum absolute atomic E-state index is 14.3. The average Bonchev–Trinajstić information content (AvgIpc) is 2.95. The number of aromatic nitrogens is 2. The molecule has 1 aromatic carbocycles. The number of nitrogens with one attached hydrogen (secondary N) is 2. The summed E-state index contributed by atoms with van der Waals surface area (Å²) in [5.41, 5.74) is 5.49. The number of nitrogens with zero attached hydrogens (tertiary/aromatic N) is 2. The Bertz CT molecular complexity index is 1470. The van der Waals surface area contributed by atoms with Crippen LogP contribution in [0, 0.1) is 11.3 Å². The SMILES string of the molecule is CCc1cc2c3c(c1)[C@]1(C(=O)N3C(C)(C)C=C2C)C(C#N)=C(N)Oc2[nH]c(=O)[nH]c(=O)c21. The number of nitrogens with two attached hydrogens (primary N) is 1. The Kier molecular flexibility index (Phi) is 3.73. The van der Waals surface area contributed by atoms with Gasteiger partial charge in [-0.1, -0.05) is 19.1 Å². The minimum absolute atomic E-state index is 0.147. The number of amides is 1. The number of ether oxygens (including phenoxy) is 1. The first-order chi connectivity index (χ1) is 15.1. The van der Waals surface area contributed by atoms with Gasteiger partial charge in [-0.2, -0.15) is 5.26 Å². The Hall–Kier alpha value is -4.06. The maximum atomic E-state index is 14.3. The number of anilines is 1. The van der Waals surface area contributed by atoms with Gasteiger partial charge < -0.3 is 15.4 Å². The molecule has 1 atom stereocenters. The second-order valence-corrected chi connectivity index (χ2v) is 8.83. The summed E-state index contributed by atoms with van der Waals surface area (Å²) in [6.07, 6.45) is 2.67. The first-order valence-electron chi connectivity index (χ1n) is 10.2. The fraction of sp³-hybridized carbons (Fsp3) is 0.304. The Morgan fingerprint density at radius 2 is 1.94 bits per heavy atom. The third-order valence-electron chi connectivity index (χ3n) is 6.53. The largest absolute Gasteiger partial charge is 0.423 e. The molecule has 0 unspecified atom stereocenters. The topological polar surface area (TPSA) is 145 Å². The number of hydrogen-bond donors (Lipinski definition) is 3. The van der Waals surface area contributed by atoms with E-state index in [1.54, 1.807) is 4.90 Å². The van der Waals surface area contributed by atoms with Crippen molar-refractivity contribution in [1.29, 1.82) is 5.26 Å². The second-order valence-electron chi connectivity index (χ2n) is 8.83. The molecular formula is C23H21N5O4. The lowest BCUT2D eigenvalue weighted by Crippen LogP contribution is -2.54. The normalized spacial score (nSPS) is 22.3. The standard InChI is InChI=1S/C23H21N5O4/c1-5-11-6-12-10(2)8-22(3,4)28-16(12)13(7-11)23(20(28)30)14(9-24)17(25)32-19-15(23)18(29)26-21(31)27-19/h6-8H,5,25H2,1-4H3,(H2,26,27,29,31)/t23-/m0/s1. The quantitative estimate of drug-likeness (QED) is 0.624. The number of H-pyrrole nitrogens is 2. The molecule has 3 aliphatic heterocycles.